The van der Waals surface area contributed by atoms with Crippen molar-refractivity contribution in [2.75, 3.05) is 0 Å². The van der Waals surface area contributed by atoms with Gasteiger partial charge in [0.05, 0.1) is 11.9 Å². The second kappa shape index (κ2) is 5.01. The molecule has 1 aromatic carbocycles. The van der Waals surface area contributed by atoms with Crippen LogP contribution in [0.15, 0.2) is 41.5 Å². The highest BCUT2D eigenvalue weighted by atomic mass is 16.1. The molecule has 21 heavy (non-hydrogen) atoms. The Hall–Kier alpha value is -2.69. The summed E-state index contributed by atoms with van der Waals surface area (Å²) >= 11 is 0. The topological polar surface area (TPSA) is 63.6 Å². The SMILES string of the molecule is Cc1cccc(C)c1-c1nc(-c2cnn(C)c2)cc(=O)[nH]1. The van der Waals surface area contributed by atoms with Gasteiger partial charge in [0.15, 0.2) is 0 Å². The maximum absolute atomic E-state index is 12.0. The van der Waals surface area contributed by atoms with Gasteiger partial charge in [-0.1, -0.05) is 18.2 Å². The van der Waals surface area contributed by atoms with Gasteiger partial charge in [0.2, 0.25) is 0 Å². The van der Waals surface area contributed by atoms with Gasteiger partial charge in [0, 0.05) is 30.4 Å². The van der Waals surface area contributed by atoms with Crippen molar-refractivity contribution in [2.24, 2.45) is 7.05 Å². The highest BCUT2D eigenvalue weighted by molar-refractivity contribution is 5.67. The lowest BCUT2D eigenvalue weighted by Gasteiger charge is -2.09. The van der Waals surface area contributed by atoms with Crippen LogP contribution < -0.4 is 5.56 Å². The molecule has 3 rings (SSSR count). The third kappa shape index (κ3) is 2.50. The van der Waals surface area contributed by atoms with Gasteiger partial charge in [-0.3, -0.25) is 9.48 Å². The molecule has 0 aliphatic carbocycles. The number of hydrogen-bond donors (Lipinski definition) is 1. The standard InChI is InChI=1S/C16H16N4O/c1-10-5-4-6-11(2)15(10)16-18-13(7-14(21)19-16)12-8-17-20(3)9-12/h4-9H,1-3H3,(H,18,19,21). The lowest BCUT2D eigenvalue weighted by atomic mass is 10.0. The summed E-state index contributed by atoms with van der Waals surface area (Å²) in [4.78, 5) is 19.4. The third-order valence-corrected chi connectivity index (χ3v) is 3.46. The molecule has 3 aromatic rings. The molecule has 0 amide bonds. The molecule has 0 saturated heterocycles. The Balaban J connectivity index is 2.21. The summed E-state index contributed by atoms with van der Waals surface area (Å²) in [5, 5.41) is 4.12. The minimum atomic E-state index is -0.165. The molecule has 0 fully saturated rings. The average molecular weight is 280 g/mol. The molecular weight excluding hydrogens is 264 g/mol. The number of aryl methyl sites for hydroxylation is 3. The number of aromatic nitrogens is 4. The van der Waals surface area contributed by atoms with Crippen molar-refractivity contribution in [3.8, 4) is 22.6 Å². The molecule has 0 saturated carbocycles. The minimum Gasteiger partial charge on any atom is -0.306 e. The summed E-state index contributed by atoms with van der Waals surface area (Å²) in [7, 11) is 1.84. The number of H-pyrrole nitrogens is 1. The van der Waals surface area contributed by atoms with Crippen molar-refractivity contribution in [1.29, 1.82) is 0 Å². The fourth-order valence-corrected chi connectivity index (χ4v) is 2.47. The fraction of sp³-hybridized carbons (Fsp3) is 0.188. The first-order valence-electron chi connectivity index (χ1n) is 6.71. The number of aromatic amines is 1. The van der Waals surface area contributed by atoms with Crippen LogP contribution in [0.1, 0.15) is 11.1 Å². The smallest absolute Gasteiger partial charge is 0.251 e. The van der Waals surface area contributed by atoms with Crippen molar-refractivity contribution in [1.82, 2.24) is 19.7 Å². The van der Waals surface area contributed by atoms with Crippen LogP contribution in [0.3, 0.4) is 0 Å². The van der Waals surface area contributed by atoms with Crippen LogP contribution >= 0.6 is 0 Å². The Morgan fingerprint density at radius 2 is 1.90 bits per heavy atom. The van der Waals surface area contributed by atoms with Crippen LogP contribution in [0.2, 0.25) is 0 Å². The van der Waals surface area contributed by atoms with E-state index in [1.807, 2.05) is 45.3 Å². The van der Waals surface area contributed by atoms with E-state index in [0.717, 1.165) is 22.3 Å². The monoisotopic (exact) mass is 280 g/mol. The molecule has 0 aliphatic rings. The third-order valence-electron chi connectivity index (χ3n) is 3.46. The zero-order valence-electron chi connectivity index (χ0n) is 12.2. The highest BCUT2D eigenvalue weighted by Gasteiger charge is 2.11. The lowest BCUT2D eigenvalue weighted by Crippen LogP contribution is -2.09. The van der Waals surface area contributed by atoms with Crippen LogP contribution in [0.4, 0.5) is 0 Å². The second-order valence-electron chi connectivity index (χ2n) is 5.15. The zero-order chi connectivity index (χ0) is 15.0. The Labute approximate surface area is 122 Å². The van der Waals surface area contributed by atoms with E-state index >= 15 is 0 Å². The number of benzene rings is 1. The molecule has 5 nitrogen and oxygen atoms in total. The maximum atomic E-state index is 12.0. The average Bonchev–Trinajstić information content (AvgIpc) is 2.85. The predicted molar refractivity (Wildman–Crippen MR) is 82.0 cm³/mol. The van der Waals surface area contributed by atoms with Crippen LogP contribution in [-0.2, 0) is 7.05 Å². The Morgan fingerprint density at radius 1 is 1.19 bits per heavy atom. The van der Waals surface area contributed by atoms with Gasteiger partial charge in [-0.05, 0) is 25.0 Å². The van der Waals surface area contributed by atoms with Gasteiger partial charge in [-0.15, -0.1) is 0 Å². The molecular formula is C16H16N4O. The van der Waals surface area contributed by atoms with Crippen LogP contribution in [0.5, 0.6) is 0 Å². The van der Waals surface area contributed by atoms with E-state index in [1.165, 1.54) is 6.07 Å². The lowest BCUT2D eigenvalue weighted by molar-refractivity contribution is 0.768. The predicted octanol–water partition coefficient (Wildman–Crippen LogP) is 2.45. The van der Waals surface area contributed by atoms with Crippen molar-refractivity contribution < 1.29 is 0 Å². The Morgan fingerprint density at radius 3 is 2.52 bits per heavy atom. The van der Waals surface area contributed by atoms with E-state index in [-0.39, 0.29) is 5.56 Å². The van der Waals surface area contributed by atoms with E-state index in [4.69, 9.17) is 0 Å². The molecule has 0 bridgehead atoms. The fourth-order valence-electron chi connectivity index (χ4n) is 2.47. The molecule has 0 atom stereocenters. The van der Waals surface area contributed by atoms with E-state index in [9.17, 15) is 4.79 Å². The molecule has 0 radical (unpaired) electrons. The first-order valence-corrected chi connectivity index (χ1v) is 6.71. The zero-order valence-corrected chi connectivity index (χ0v) is 12.2. The van der Waals surface area contributed by atoms with E-state index in [2.05, 4.69) is 15.1 Å². The molecule has 0 unspecified atom stereocenters. The summed E-state index contributed by atoms with van der Waals surface area (Å²) in [5.41, 5.74) is 4.44. The molecule has 2 aromatic heterocycles. The van der Waals surface area contributed by atoms with Crippen molar-refractivity contribution in [3.05, 3.63) is 58.1 Å². The van der Waals surface area contributed by atoms with Crippen molar-refractivity contribution in [2.45, 2.75) is 13.8 Å². The first kappa shape index (κ1) is 13.3. The van der Waals surface area contributed by atoms with Crippen LogP contribution in [0, 0.1) is 13.8 Å². The van der Waals surface area contributed by atoms with E-state index < -0.39 is 0 Å². The maximum Gasteiger partial charge on any atom is 0.251 e. The summed E-state index contributed by atoms with van der Waals surface area (Å²) in [5.74, 6) is 0.594. The molecule has 0 spiro atoms. The van der Waals surface area contributed by atoms with Gasteiger partial charge in [0.25, 0.3) is 5.56 Å². The van der Waals surface area contributed by atoms with Crippen LogP contribution in [0.25, 0.3) is 22.6 Å². The second-order valence-corrected chi connectivity index (χ2v) is 5.15. The number of nitrogens with zero attached hydrogens (tertiary/aromatic N) is 3. The molecule has 106 valence electrons. The van der Waals surface area contributed by atoms with Crippen molar-refractivity contribution >= 4 is 0 Å². The van der Waals surface area contributed by atoms with E-state index in [1.54, 1.807) is 10.9 Å². The highest BCUT2D eigenvalue weighted by Crippen LogP contribution is 2.25. The molecule has 5 heteroatoms. The Bertz CT molecular complexity index is 840. The number of nitrogens with one attached hydrogen (secondary N) is 1. The van der Waals surface area contributed by atoms with E-state index in [0.29, 0.717) is 11.5 Å². The van der Waals surface area contributed by atoms with Crippen LogP contribution in [-0.4, -0.2) is 19.7 Å². The van der Waals surface area contributed by atoms with Gasteiger partial charge in [-0.2, -0.15) is 5.10 Å². The number of hydrogen-bond acceptors (Lipinski definition) is 3. The summed E-state index contributed by atoms with van der Waals surface area (Å²) < 4.78 is 1.69. The Kier molecular flexibility index (Phi) is 3.17. The molecule has 2 heterocycles. The first-order chi connectivity index (χ1) is 10.0. The molecule has 0 aliphatic heterocycles. The summed E-state index contributed by atoms with van der Waals surface area (Å²) in [6.07, 6.45) is 3.55. The normalized spacial score (nSPS) is 10.8. The largest absolute Gasteiger partial charge is 0.306 e. The summed E-state index contributed by atoms with van der Waals surface area (Å²) in [6.45, 7) is 4.03. The quantitative estimate of drug-likeness (QED) is 0.784. The van der Waals surface area contributed by atoms with Gasteiger partial charge >= 0.3 is 0 Å². The van der Waals surface area contributed by atoms with Gasteiger partial charge in [-0.25, -0.2) is 4.98 Å². The number of rotatable bonds is 2. The van der Waals surface area contributed by atoms with Gasteiger partial charge in [0.1, 0.15) is 5.82 Å². The van der Waals surface area contributed by atoms with Crippen molar-refractivity contribution in [3.63, 3.8) is 0 Å². The minimum absolute atomic E-state index is 0.165. The van der Waals surface area contributed by atoms with Gasteiger partial charge < -0.3 is 4.98 Å². The molecule has 1 N–H and O–H groups in total. The summed E-state index contributed by atoms with van der Waals surface area (Å²) in [6, 6.07) is 7.52.